The maximum Gasteiger partial charge on any atom is 0.408 e. The number of hydrogen-bond donors (Lipinski definition) is 1. The number of alkyl carbamates (subject to hydrolysis) is 1. The molecule has 0 saturated heterocycles. The minimum absolute atomic E-state index is 0.0795. The van der Waals surface area contributed by atoms with Crippen LogP contribution in [0.5, 0.6) is 0 Å². The van der Waals surface area contributed by atoms with Gasteiger partial charge in [-0.25, -0.2) is 9.86 Å². The molecule has 6 nitrogen and oxygen atoms in total. The number of benzene rings is 1. The predicted octanol–water partition coefficient (Wildman–Crippen LogP) is 2.83. The quantitative estimate of drug-likeness (QED) is 0.870. The molecule has 2 rings (SSSR count). The van der Waals surface area contributed by atoms with E-state index >= 15 is 0 Å². The Morgan fingerprint density at radius 2 is 2.00 bits per heavy atom. The van der Waals surface area contributed by atoms with Crippen molar-refractivity contribution in [2.24, 2.45) is 0 Å². The third-order valence-corrected chi connectivity index (χ3v) is 3.72. The van der Waals surface area contributed by atoms with E-state index in [9.17, 15) is 9.59 Å². The molecule has 0 aromatic heterocycles. The Kier molecular flexibility index (Phi) is 4.94. The van der Waals surface area contributed by atoms with Crippen molar-refractivity contribution in [3.05, 3.63) is 34.9 Å². The molecular weight excluding hydrogens is 296 g/mol. The summed E-state index contributed by atoms with van der Waals surface area (Å²) in [5.74, 6) is -0.196. The molecule has 0 saturated carbocycles. The number of hydroxylamine groups is 2. The van der Waals surface area contributed by atoms with Gasteiger partial charge in [0.1, 0.15) is 5.60 Å². The molecular formula is C17H24N2O4. The topological polar surface area (TPSA) is 67.9 Å². The molecule has 0 heterocycles. The van der Waals surface area contributed by atoms with E-state index in [-0.39, 0.29) is 11.9 Å². The zero-order chi connectivity index (χ0) is 17.2. The van der Waals surface area contributed by atoms with Crippen LogP contribution in [-0.2, 0) is 16.0 Å². The maximum absolute atomic E-state index is 12.1. The maximum atomic E-state index is 12.1. The first-order valence-electron chi connectivity index (χ1n) is 7.66. The smallest absolute Gasteiger partial charge is 0.408 e. The average molecular weight is 320 g/mol. The third kappa shape index (κ3) is 4.22. The predicted molar refractivity (Wildman–Crippen MR) is 86.0 cm³/mol. The van der Waals surface area contributed by atoms with Crippen molar-refractivity contribution in [2.45, 2.75) is 45.3 Å². The monoisotopic (exact) mass is 320 g/mol. The molecule has 126 valence electrons. The fourth-order valence-corrected chi connectivity index (χ4v) is 2.62. The van der Waals surface area contributed by atoms with Crippen LogP contribution in [0, 0.1) is 0 Å². The Morgan fingerprint density at radius 3 is 2.61 bits per heavy atom. The summed E-state index contributed by atoms with van der Waals surface area (Å²) in [6, 6.07) is 5.43. The second-order valence-electron chi connectivity index (χ2n) is 6.64. The van der Waals surface area contributed by atoms with Crippen molar-refractivity contribution in [2.75, 3.05) is 14.2 Å². The Morgan fingerprint density at radius 1 is 1.30 bits per heavy atom. The molecule has 1 aliphatic rings. The molecule has 1 atom stereocenters. The Hall–Kier alpha value is -2.08. The molecule has 6 heteroatoms. The molecule has 0 spiro atoms. The zero-order valence-electron chi connectivity index (χ0n) is 14.3. The molecule has 0 radical (unpaired) electrons. The number of nitrogens with zero attached hydrogens (tertiary/aromatic N) is 1. The van der Waals surface area contributed by atoms with Crippen LogP contribution in [0.3, 0.4) is 0 Å². The Labute approximate surface area is 136 Å². The lowest BCUT2D eigenvalue weighted by atomic mass is 10.0. The van der Waals surface area contributed by atoms with Gasteiger partial charge in [0.05, 0.1) is 13.2 Å². The van der Waals surface area contributed by atoms with Gasteiger partial charge in [-0.15, -0.1) is 0 Å². The number of aryl methyl sites for hydroxylation is 1. The molecule has 0 bridgehead atoms. The van der Waals surface area contributed by atoms with Crippen LogP contribution in [0.2, 0.25) is 0 Å². The average Bonchev–Trinajstić information content (AvgIpc) is 2.85. The van der Waals surface area contributed by atoms with E-state index in [4.69, 9.17) is 9.57 Å². The van der Waals surface area contributed by atoms with Gasteiger partial charge in [0, 0.05) is 12.6 Å². The first-order valence-corrected chi connectivity index (χ1v) is 7.66. The normalized spacial score (nSPS) is 16.7. The van der Waals surface area contributed by atoms with Gasteiger partial charge < -0.3 is 10.1 Å². The lowest BCUT2D eigenvalue weighted by molar-refractivity contribution is -0.0757. The SMILES string of the molecule is CON(C)C(=O)c1ccc2c(c1)CCC2NC(=O)OC(C)(C)C. The zero-order valence-corrected chi connectivity index (χ0v) is 14.3. The van der Waals surface area contributed by atoms with Crippen molar-refractivity contribution in [1.82, 2.24) is 10.4 Å². The first kappa shape index (κ1) is 17.3. The van der Waals surface area contributed by atoms with E-state index < -0.39 is 11.7 Å². The van der Waals surface area contributed by atoms with E-state index in [1.165, 1.54) is 12.2 Å². The molecule has 23 heavy (non-hydrogen) atoms. The van der Waals surface area contributed by atoms with E-state index in [1.807, 2.05) is 32.9 Å². The van der Waals surface area contributed by atoms with Gasteiger partial charge >= 0.3 is 6.09 Å². The van der Waals surface area contributed by atoms with Crippen LogP contribution in [0.4, 0.5) is 4.79 Å². The summed E-state index contributed by atoms with van der Waals surface area (Å²) >= 11 is 0. The molecule has 1 unspecified atom stereocenters. The minimum atomic E-state index is -0.521. The minimum Gasteiger partial charge on any atom is -0.444 e. The second kappa shape index (κ2) is 6.58. The van der Waals surface area contributed by atoms with Crippen molar-refractivity contribution in [3.63, 3.8) is 0 Å². The number of carbonyl (C=O) groups excluding carboxylic acids is 2. The number of rotatable bonds is 3. The largest absolute Gasteiger partial charge is 0.444 e. The van der Waals surface area contributed by atoms with Crippen molar-refractivity contribution < 1.29 is 19.2 Å². The van der Waals surface area contributed by atoms with E-state index in [0.29, 0.717) is 5.56 Å². The fraction of sp³-hybridized carbons (Fsp3) is 0.529. The van der Waals surface area contributed by atoms with Gasteiger partial charge in [-0.3, -0.25) is 9.63 Å². The van der Waals surface area contributed by atoms with Crippen LogP contribution in [0.25, 0.3) is 0 Å². The summed E-state index contributed by atoms with van der Waals surface area (Å²) in [6.07, 6.45) is 1.19. The Balaban J connectivity index is 2.10. The van der Waals surface area contributed by atoms with E-state index in [2.05, 4.69) is 5.32 Å². The lowest BCUT2D eigenvalue weighted by Gasteiger charge is -2.22. The molecule has 1 aromatic carbocycles. The standard InChI is InChI=1S/C17H24N2O4/c1-17(2,3)23-16(21)18-14-9-7-11-10-12(6-8-13(11)14)15(20)19(4)22-5/h6,8,10,14H,7,9H2,1-5H3,(H,18,21). The van der Waals surface area contributed by atoms with Gasteiger partial charge in [-0.2, -0.15) is 0 Å². The Bertz CT molecular complexity index is 607. The van der Waals surface area contributed by atoms with Crippen LogP contribution in [0.15, 0.2) is 18.2 Å². The highest BCUT2D eigenvalue weighted by Crippen LogP contribution is 2.32. The second-order valence-corrected chi connectivity index (χ2v) is 6.64. The number of nitrogens with one attached hydrogen (secondary N) is 1. The number of carbonyl (C=O) groups is 2. The summed E-state index contributed by atoms with van der Waals surface area (Å²) in [5.41, 5.74) is 2.16. The fourth-order valence-electron chi connectivity index (χ4n) is 2.62. The molecule has 0 fully saturated rings. The molecule has 2 amide bonds. The van der Waals surface area contributed by atoms with Crippen molar-refractivity contribution in [1.29, 1.82) is 0 Å². The van der Waals surface area contributed by atoms with E-state index in [1.54, 1.807) is 13.1 Å². The summed E-state index contributed by atoms with van der Waals surface area (Å²) in [4.78, 5) is 28.9. The van der Waals surface area contributed by atoms with Crippen molar-refractivity contribution >= 4 is 12.0 Å². The highest BCUT2D eigenvalue weighted by molar-refractivity contribution is 5.93. The van der Waals surface area contributed by atoms with Gasteiger partial charge in [-0.05, 0) is 56.9 Å². The number of hydrogen-bond acceptors (Lipinski definition) is 4. The summed E-state index contributed by atoms with van der Waals surface area (Å²) < 4.78 is 5.30. The van der Waals surface area contributed by atoms with Crippen LogP contribution >= 0.6 is 0 Å². The summed E-state index contributed by atoms with van der Waals surface area (Å²) in [5, 5.41) is 4.08. The molecule has 0 aliphatic heterocycles. The van der Waals surface area contributed by atoms with Gasteiger partial charge in [0.25, 0.3) is 5.91 Å². The molecule has 1 aromatic rings. The van der Waals surface area contributed by atoms with Crippen LogP contribution in [0.1, 0.15) is 54.7 Å². The van der Waals surface area contributed by atoms with Crippen molar-refractivity contribution in [3.8, 4) is 0 Å². The third-order valence-electron chi connectivity index (χ3n) is 3.72. The first-order chi connectivity index (χ1) is 10.7. The lowest BCUT2D eigenvalue weighted by Crippen LogP contribution is -2.34. The van der Waals surface area contributed by atoms with E-state index in [0.717, 1.165) is 24.0 Å². The summed E-state index contributed by atoms with van der Waals surface area (Å²) in [7, 11) is 3.02. The summed E-state index contributed by atoms with van der Waals surface area (Å²) in [6.45, 7) is 5.50. The number of amides is 2. The molecule has 1 aliphatic carbocycles. The van der Waals surface area contributed by atoms with Crippen LogP contribution in [-0.4, -0.2) is 36.8 Å². The molecule has 1 N–H and O–H groups in total. The number of fused-ring (bicyclic) bond motifs is 1. The van der Waals surface area contributed by atoms with Crippen LogP contribution < -0.4 is 5.32 Å². The highest BCUT2D eigenvalue weighted by Gasteiger charge is 2.27. The van der Waals surface area contributed by atoms with Gasteiger partial charge in [0.2, 0.25) is 0 Å². The van der Waals surface area contributed by atoms with Gasteiger partial charge in [0.15, 0.2) is 0 Å². The number of ether oxygens (including phenoxy) is 1. The van der Waals surface area contributed by atoms with Gasteiger partial charge in [-0.1, -0.05) is 6.07 Å². The highest BCUT2D eigenvalue weighted by atomic mass is 16.7.